The Bertz CT molecular complexity index is 763. The molecular weight excluding hydrogens is 382 g/mol. The van der Waals surface area contributed by atoms with Gasteiger partial charge in [0.25, 0.3) is 5.91 Å². The number of aryl methyl sites for hydroxylation is 1. The predicted molar refractivity (Wildman–Crippen MR) is 114 cm³/mol. The van der Waals surface area contributed by atoms with Crippen molar-refractivity contribution in [1.82, 2.24) is 25.0 Å². The number of piperidine rings is 1. The largest absolute Gasteiger partial charge is 0.351 e. The first-order valence-electron chi connectivity index (χ1n) is 11.0. The molecule has 30 heavy (non-hydrogen) atoms. The van der Waals surface area contributed by atoms with Gasteiger partial charge < -0.3 is 20.0 Å². The number of aromatic nitrogens is 1. The minimum Gasteiger partial charge on any atom is -0.351 e. The van der Waals surface area contributed by atoms with Crippen LogP contribution < -0.4 is 5.32 Å². The summed E-state index contributed by atoms with van der Waals surface area (Å²) >= 11 is 0. The molecule has 0 radical (unpaired) electrons. The molecule has 2 aliphatic rings. The SMILES string of the molecule is CCN(CC)C(=O)N1CCCC(C(=O)N[C@@H]2CCN(C(=O)c3ccc(C)nc3)C2)C1. The van der Waals surface area contributed by atoms with Gasteiger partial charge in [-0.25, -0.2) is 4.79 Å². The van der Waals surface area contributed by atoms with Crippen molar-refractivity contribution in [3.8, 4) is 0 Å². The molecule has 3 heterocycles. The van der Waals surface area contributed by atoms with E-state index in [4.69, 9.17) is 0 Å². The molecule has 0 bridgehead atoms. The fourth-order valence-electron chi connectivity index (χ4n) is 4.22. The molecule has 3 rings (SSSR count). The van der Waals surface area contributed by atoms with E-state index >= 15 is 0 Å². The van der Waals surface area contributed by atoms with Crippen LogP contribution in [0, 0.1) is 12.8 Å². The highest BCUT2D eigenvalue weighted by atomic mass is 16.2. The Labute approximate surface area is 178 Å². The van der Waals surface area contributed by atoms with E-state index in [-0.39, 0.29) is 29.8 Å². The normalized spacial score (nSPS) is 21.4. The van der Waals surface area contributed by atoms with Crippen molar-refractivity contribution >= 4 is 17.8 Å². The molecular formula is C22H33N5O3. The summed E-state index contributed by atoms with van der Waals surface area (Å²) in [6.45, 7) is 9.46. The number of hydrogen-bond acceptors (Lipinski definition) is 4. The summed E-state index contributed by atoms with van der Waals surface area (Å²) in [7, 11) is 0. The number of nitrogens with one attached hydrogen (secondary N) is 1. The van der Waals surface area contributed by atoms with Crippen LogP contribution in [0.25, 0.3) is 0 Å². The lowest BCUT2D eigenvalue weighted by molar-refractivity contribution is -0.127. The zero-order chi connectivity index (χ0) is 21.7. The monoisotopic (exact) mass is 415 g/mol. The molecule has 0 saturated carbocycles. The molecule has 2 fully saturated rings. The van der Waals surface area contributed by atoms with Crippen LogP contribution >= 0.6 is 0 Å². The van der Waals surface area contributed by atoms with Gasteiger partial charge in [-0.05, 0) is 52.2 Å². The molecule has 4 amide bonds. The number of nitrogens with zero attached hydrogens (tertiary/aromatic N) is 4. The van der Waals surface area contributed by atoms with Crippen LogP contribution in [0.4, 0.5) is 4.79 Å². The molecule has 8 nitrogen and oxygen atoms in total. The average molecular weight is 416 g/mol. The van der Waals surface area contributed by atoms with Gasteiger partial charge in [0.15, 0.2) is 0 Å². The third kappa shape index (κ3) is 5.09. The second-order valence-electron chi connectivity index (χ2n) is 8.17. The highest BCUT2D eigenvalue weighted by molar-refractivity contribution is 5.94. The molecule has 1 aromatic heterocycles. The summed E-state index contributed by atoms with van der Waals surface area (Å²) in [5.41, 5.74) is 1.45. The van der Waals surface area contributed by atoms with Crippen molar-refractivity contribution in [3.63, 3.8) is 0 Å². The minimum absolute atomic E-state index is 0.0108. The Morgan fingerprint density at radius 3 is 2.53 bits per heavy atom. The second-order valence-corrected chi connectivity index (χ2v) is 8.17. The summed E-state index contributed by atoms with van der Waals surface area (Å²) in [5, 5.41) is 3.11. The van der Waals surface area contributed by atoms with Crippen LogP contribution in [-0.4, -0.2) is 82.8 Å². The van der Waals surface area contributed by atoms with Crippen LogP contribution in [0.2, 0.25) is 0 Å². The van der Waals surface area contributed by atoms with Gasteiger partial charge in [0.1, 0.15) is 0 Å². The van der Waals surface area contributed by atoms with Gasteiger partial charge >= 0.3 is 6.03 Å². The number of hydrogen-bond donors (Lipinski definition) is 1. The maximum Gasteiger partial charge on any atom is 0.320 e. The average Bonchev–Trinajstić information content (AvgIpc) is 3.23. The topological polar surface area (TPSA) is 85.9 Å². The number of carbonyl (C=O) groups is 3. The highest BCUT2D eigenvalue weighted by Gasteiger charge is 2.33. The lowest BCUT2D eigenvalue weighted by Gasteiger charge is -2.35. The van der Waals surface area contributed by atoms with Crippen LogP contribution in [0.1, 0.15) is 49.2 Å². The zero-order valence-electron chi connectivity index (χ0n) is 18.3. The van der Waals surface area contributed by atoms with E-state index in [1.807, 2.05) is 26.8 Å². The number of carbonyl (C=O) groups excluding carboxylic acids is 3. The molecule has 164 valence electrons. The van der Waals surface area contributed by atoms with Gasteiger partial charge in [0, 0.05) is 57.2 Å². The second kappa shape index (κ2) is 9.91. The van der Waals surface area contributed by atoms with Gasteiger partial charge in [-0.1, -0.05) is 0 Å². The van der Waals surface area contributed by atoms with E-state index in [0.717, 1.165) is 25.0 Å². The number of rotatable bonds is 5. The maximum atomic E-state index is 12.8. The lowest BCUT2D eigenvalue weighted by Crippen LogP contribution is -2.51. The number of pyridine rings is 1. The standard InChI is InChI=1S/C22H33N5O3/c1-4-25(5-2)22(30)27-11-6-7-18(14-27)20(28)24-19-10-12-26(15-19)21(29)17-9-8-16(3)23-13-17/h8-9,13,18-19H,4-7,10-12,14-15H2,1-3H3,(H,24,28)/t18?,19-/m1/s1. The first kappa shape index (κ1) is 22.1. The van der Waals surface area contributed by atoms with Crippen molar-refractivity contribution in [2.45, 2.75) is 46.1 Å². The fourth-order valence-corrected chi connectivity index (χ4v) is 4.22. The third-order valence-electron chi connectivity index (χ3n) is 6.08. The first-order valence-corrected chi connectivity index (χ1v) is 11.0. The van der Waals surface area contributed by atoms with Crippen molar-refractivity contribution in [3.05, 3.63) is 29.6 Å². The molecule has 2 aliphatic heterocycles. The van der Waals surface area contributed by atoms with E-state index < -0.39 is 0 Å². The summed E-state index contributed by atoms with van der Waals surface area (Å²) in [4.78, 5) is 47.7. The molecule has 2 saturated heterocycles. The quantitative estimate of drug-likeness (QED) is 0.796. The Kier molecular flexibility index (Phi) is 7.29. The Morgan fingerprint density at radius 2 is 1.87 bits per heavy atom. The Hall–Kier alpha value is -2.64. The Balaban J connectivity index is 1.51. The smallest absolute Gasteiger partial charge is 0.320 e. The van der Waals surface area contributed by atoms with Gasteiger partial charge in [0.2, 0.25) is 5.91 Å². The minimum atomic E-state index is -0.190. The van der Waals surface area contributed by atoms with E-state index in [0.29, 0.717) is 44.8 Å². The molecule has 0 aromatic carbocycles. The van der Waals surface area contributed by atoms with Crippen LogP contribution in [0.5, 0.6) is 0 Å². The number of urea groups is 1. The summed E-state index contributed by atoms with van der Waals surface area (Å²) in [6.07, 6.45) is 3.97. The maximum absolute atomic E-state index is 12.8. The molecule has 0 aliphatic carbocycles. The van der Waals surface area contributed by atoms with E-state index in [1.165, 1.54) is 0 Å². The van der Waals surface area contributed by atoms with Crippen molar-refractivity contribution in [2.24, 2.45) is 5.92 Å². The molecule has 2 atom stereocenters. The summed E-state index contributed by atoms with van der Waals surface area (Å²) in [5.74, 6) is -0.249. The number of amides is 4. The third-order valence-corrected chi connectivity index (χ3v) is 6.08. The number of likely N-dealkylation sites (tertiary alicyclic amines) is 2. The first-order chi connectivity index (χ1) is 14.4. The van der Waals surface area contributed by atoms with E-state index in [9.17, 15) is 14.4 Å². The van der Waals surface area contributed by atoms with E-state index in [2.05, 4.69) is 10.3 Å². The van der Waals surface area contributed by atoms with Crippen LogP contribution in [0.15, 0.2) is 18.3 Å². The lowest BCUT2D eigenvalue weighted by atomic mass is 9.97. The predicted octanol–water partition coefficient (Wildman–Crippen LogP) is 1.89. The van der Waals surface area contributed by atoms with Gasteiger partial charge in [0.05, 0.1) is 11.5 Å². The van der Waals surface area contributed by atoms with Gasteiger partial charge in [-0.3, -0.25) is 14.6 Å². The molecule has 1 aromatic rings. The summed E-state index contributed by atoms with van der Waals surface area (Å²) < 4.78 is 0. The molecule has 0 spiro atoms. The van der Waals surface area contributed by atoms with Crippen molar-refractivity contribution < 1.29 is 14.4 Å². The van der Waals surface area contributed by atoms with E-state index in [1.54, 1.807) is 27.0 Å². The fraction of sp³-hybridized carbons (Fsp3) is 0.636. The van der Waals surface area contributed by atoms with Crippen molar-refractivity contribution in [1.29, 1.82) is 0 Å². The van der Waals surface area contributed by atoms with Gasteiger partial charge in [-0.2, -0.15) is 0 Å². The van der Waals surface area contributed by atoms with Crippen LogP contribution in [-0.2, 0) is 4.79 Å². The van der Waals surface area contributed by atoms with Crippen LogP contribution in [0.3, 0.4) is 0 Å². The highest BCUT2D eigenvalue weighted by Crippen LogP contribution is 2.20. The Morgan fingerprint density at radius 1 is 1.10 bits per heavy atom. The zero-order valence-corrected chi connectivity index (χ0v) is 18.3. The van der Waals surface area contributed by atoms with Crippen molar-refractivity contribution in [2.75, 3.05) is 39.3 Å². The molecule has 8 heteroatoms. The summed E-state index contributed by atoms with van der Waals surface area (Å²) in [6, 6.07) is 3.59. The molecule has 1 N–H and O–H groups in total. The molecule has 1 unspecified atom stereocenters. The van der Waals surface area contributed by atoms with Gasteiger partial charge in [-0.15, -0.1) is 0 Å².